The number of halogens is 1. The van der Waals surface area contributed by atoms with Gasteiger partial charge in [-0.25, -0.2) is 12.8 Å². The zero-order chi connectivity index (χ0) is 18.0. The van der Waals surface area contributed by atoms with Gasteiger partial charge in [0.05, 0.1) is 17.5 Å². The van der Waals surface area contributed by atoms with Gasteiger partial charge in [-0.1, -0.05) is 37.2 Å². The molecule has 2 aliphatic rings. The number of sulfone groups is 1. The van der Waals surface area contributed by atoms with Gasteiger partial charge in [0.2, 0.25) is 5.91 Å². The highest BCUT2D eigenvalue weighted by Crippen LogP contribution is 2.39. The van der Waals surface area contributed by atoms with Gasteiger partial charge < -0.3 is 4.90 Å². The Hall–Kier alpha value is -1.41. The third-order valence-corrected chi connectivity index (χ3v) is 7.65. The Morgan fingerprint density at radius 1 is 1.32 bits per heavy atom. The fourth-order valence-corrected chi connectivity index (χ4v) is 7.07. The van der Waals surface area contributed by atoms with Crippen LogP contribution in [0.4, 0.5) is 4.39 Å². The first-order valence-corrected chi connectivity index (χ1v) is 11.1. The van der Waals surface area contributed by atoms with Gasteiger partial charge in [0.15, 0.2) is 15.0 Å². The quantitative estimate of drug-likeness (QED) is 0.781. The SMILES string of the molecule is CCCCC(=O)N=C1SC2CS(=O)(=O)CC2N1Cc1ccc(F)cc1. The number of amidine groups is 1. The number of unbranched alkanes of at least 4 members (excludes halogenated alkanes) is 1. The van der Waals surface area contributed by atoms with Crippen molar-refractivity contribution in [2.24, 2.45) is 4.99 Å². The van der Waals surface area contributed by atoms with E-state index in [-0.39, 0.29) is 34.5 Å². The second kappa shape index (κ2) is 7.45. The zero-order valence-corrected chi connectivity index (χ0v) is 15.7. The standard InChI is InChI=1S/C17H21FN2O3S2/c1-2-3-4-16(21)19-17-20(9-12-5-7-13(18)8-6-12)14-10-25(22,23)11-15(14)24-17/h5-8,14-15H,2-4,9-11H2,1H3. The second-order valence-electron chi connectivity index (χ2n) is 6.45. The van der Waals surface area contributed by atoms with E-state index in [2.05, 4.69) is 4.99 Å². The van der Waals surface area contributed by atoms with E-state index < -0.39 is 9.84 Å². The van der Waals surface area contributed by atoms with Crippen LogP contribution in [0, 0.1) is 5.82 Å². The number of amides is 1. The highest BCUT2D eigenvalue weighted by atomic mass is 32.2. The molecule has 1 aromatic rings. The molecule has 136 valence electrons. The van der Waals surface area contributed by atoms with Gasteiger partial charge in [0.1, 0.15) is 5.82 Å². The highest BCUT2D eigenvalue weighted by Gasteiger charge is 2.48. The Morgan fingerprint density at radius 2 is 2.04 bits per heavy atom. The van der Waals surface area contributed by atoms with E-state index in [0.717, 1.165) is 18.4 Å². The maximum absolute atomic E-state index is 13.1. The minimum absolute atomic E-state index is 0.0774. The summed E-state index contributed by atoms with van der Waals surface area (Å²) in [6.45, 7) is 2.44. The molecule has 2 saturated heterocycles. The lowest BCUT2D eigenvalue weighted by Crippen LogP contribution is -2.37. The van der Waals surface area contributed by atoms with Gasteiger partial charge in [-0.3, -0.25) is 4.79 Å². The van der Waals surface area contributed by atoms with Crippen LogP contribution in [0.3, 0.4) is 0 Å². The molecule has 2 atom stereocenters. The third kappa shape index (κ3) is 4.41. The summed E-state index contributed by atoms with van der Waals surface area (Å²) in [5, 5.41) is 0.499. The number of hydrogen-bond donors (Lipinski definition) is 0. The minimum Gasteiger partial charge on any atom is -0.342 e. The van der Waals surface area contributed by atoms with E-state index in [1.165, 1.54) is 23.9 Å². The summed E-state index contributed by atoms with van der Waals surface area (Å²) in [5.74, 6) is -0.292. The molecule has 0 saturated carbocycles. The topological polar surface area (TPSA) is 66.8 Å². The number of carbonyl (C=O) groups is 1. The Labute approximate surface area is 151 Å². The Balaban J connectivity index is 1.83. The van der Waals surface area contributed by atoms with Gasteiger partial charge in [-0.15, -0.1) is 0 Å². The van der Waals surface area contributed by atoms with Gasteiger partial charge >= 0.3 is 0 Å². The summed E-state index contributed by atoms with van der Waals surface area (Å²) >= 11 is 1.38. The van der Waals surface area contributed by atoms with Crippen molar-refractivity contribution in [2.45, 2.75) is 44.0 Å². The molecule has 0 aromatic heterocycles. The van der Waals surface area contributed by atoms with Gasteiger partial charge in [0, 0.05) is 18.2 Å². The van der Waals surface area contributed by atoms with E-state index in [1.807, 2.05) is 11.8 Å². The molecule has 0 N–H and O–H groups in total. The molecule has 2 aliphatic heterocycles. The fourth-order valence-electron chi connectivity index (χ4n) is 3.10. The molecule has 0 bridgehead atoms. The third-order valence-electron chi connectivity index (χ3n) is 4.41. The van der Waals surface area contributed by atoms with Crippen molar-refractivity contribution >= 4 is 32.7 Å². The van der Waals surface area contributed by atoms with E-state index in [0.29, 0.717) is 18.1 Å². The number of aliphatic imine (C=N–C) groups is 1. The van der Waals surface area contributed by atoms with E-state index in [1.54, 1.807) is 12.1 Å². The highest BCUT2D eigenvalue weighted by molar-refractivity contribution is 8.15. The first-order valence-electron chi connectivity index (χ1n) is 8.37. The molecule has 5 nitrogen and oxygen atoms in total. The smallest absolute Gasteiger partial charge is 0.248 e. The Bertz CT molecular complexity index is 778. The monoisotopic (exact) mass is 384 g/mol. The molecule has 1 aromatic carbocycles. The molecule has 2 unspecified atom stereocenters. The lowest BCUT2D eigenvalue weighted by molar-refractivity contribution is -0.117. The molecule has 8 heteroatoms. The number of rotatable bonds is 5. The summed E-state index contributed by atoms with van der Waals surface area (Å²) in [6, 6.07) is 5.92. The lowest BCUT2D eigenvalue weighted by Gasteiger charge is -2.24. The van der Waals surface area contributed by atoms with Crippen LogP contribution >= 0.6 is 11.8 Å². The number of hydrogen-bond acceptors (Lipinski definition) is 4. The van der Waals surface area contributed by atoms with Gasteiger partial charge in [-0.2, -0.15) is 4.99 Å². The van der Waals surface area contributed by atoms with E-state index in [9.17, 15) is 17.6 Å². The molecular weight excluding hydrogens is 363 g/mol. The number of nitrogens with zero attached hydrogens (tertiary/aromatic N) is 2. The van der Waals surface area contributed by atoms with Crippen LogP contribution in [0.15, 0.2) is 29.3 Å². The normalized spacial score (nSPS) is 26.2. The van der Waals surface area contributed by atoms with Crippen LogP contribution in [-0.4, -0.2) is 47.2 Å². The number of thioether (sulfide) groups is 1. The minimum atomic E-state index is -3.07. The first kappa shape index (κ1) is 18.4. The molecule has 3 rings (SSSR count). The largest absolute Gasteiger partial charge is 0.342 e. The number of carbonyl (C=O) groups excluding carboxylic acids is 1. The van der Waals surface area contributed by atoms with Crippen LogP contribution in [0.1, 0.15) is 31.7 Å². The van der Waals surface area contributed by atoms with Crippen LogP contribution < -0.4 is 0 Å². The summed E-state index contributed by atoms with van der Waals surface area (Å²) in [7, 11) is -3.07. The zero-order valence-electron chi connectivity index (χ0n) is 14.0. The molecular formula is C17H21FN2O3S2. The van der Waals surface area contributed by atoms with Crippen LogP contribution in [0.2, 0.25) is 0 Å². The predicted molar refractivity (Wildman–Crippen MR) is 97.7 cm³/mol. The van der Waals surface area contributed by atoms with Crippen LogP contribution in [0.25, 0.3) is 0 Å². The van der Waals surface area contributed by atoms with Crippen molar-refractivity contribution in [3.8, 4) is 0 Å². The van der Waals surface area contributed by atoms with E-state index >= 15 is 0 Å². The van der Waals surface area contributed by atoms with Crippen molar-refractivity contribution in [1.82, 2.24) is 4.90 Å². The molecule has 2 fully saturated rings. The van der Waals surface area contributed by atoms with Crippen LogP contribution in [-0.2, 0) is 21.2 Å². The molecule has 2 heterocycles. The molecule has 0 spiro atoms. The number of benzene rings is 1. The summed E-state index contributed by atoms with van der Waals surface area (Å²) in [4.78, 5) is 18.2. The van der Waals surface area contributed by atoms with Gasteiger partial charge in [0.25, 0.3) is 0 Å². The molecule has 0 aliphatic carbocycles. The van der Waals surface area contributed by atoms with Crippen molar-refractivity contribution in [3.63, 3.8) is 0 Å². The maximum Gasteiger partial charge on any atom is 0.248 e. The Kier molecular flexibility index (Phi) is 5.48. The predicted octanol–water partition coefficient (Wildman–Crippen LogP) is 2.61. The average Bonchev–Trinajstić information content (AvgIpc) is 3.00. The first-order chi connectivity index (χ1) is 11.9. The Morgan fingerprint density at radius 3 is 2.72 bits per heavy atom. The molecule has 25 heavy (non-hydrogen) atoms. The van der Waals surface area contributed by atoms with Crippen LogP contribution in [0.5, 0.6) is 0 Å². The van der Waals surface area contributed by atoms with Crippen molar-refractivity contribution in [2.75, 3.05) is 11.5 Å². The number of fused-ring (bicyclic) bond motifs is 1. The van der Waals surface area contributed by atoms with Crippen molar-refractivity contribution < 1.29 is 17.6 Å². The second-order valence-corrected chi connectivity index (χ2v) is 9.81. The van der Waals surface area contributed by atoms with Gasteiger partial charge in [-0.05, 0) is 24.1 Å². The molecule has 1 amide bonds. The summed E-state index contributed by atoms with van der Waals surface area (Å²) < 4.78 is 37.0. The van der Waals surface area contributed by atoms with Crippen molar-refractivity contribution in [3.05, 3.63) is 35.6 Å². The van der Waals surface area contributed by atoms with E-state index in [4.69, 9.17) is 0 Å². The van der Waals surface area contributed by atoms with Crippen molar-refractivity contribution in [1.29, 1.82) is 0 Å². The summed E-state index contributed by atoms with van der Waals surface area (Å²) in [5.41, 5.74) is 0.862. The lowest BCUT2D eigenvalue weighted by atomic mass is 10.1. The molecule has 0 radical (unpaired) electrons. The maximum atomic E-state index is 13.1. The average molecular weight is 384 g/mol. The summed E-state index contributed by atoms with van der Waals surface area (Å²) in [6.07, 6.45) is 2.12. The fraction of sp³-hybridized carbons (Fsp3) is 0.529.